The van der Waals surface area contributed by atoms with Crippen LogP contribution in [0.15, 0.2) is 18.2 Å². The number of hydrogen-bond acceptors (Lipinski definition) is 4. The summed E-state index contributed by atoms with van der Waals surface area (Å²) in [5.74, 6) is 0.194. The summed E-state index contributed by atoms with van der Waals surface area (Å²) >= 11 is 0. The van der Waals surface area contributed by atoms with E-state index in [2.05, 4.69) is 12.2 Å². The monoisotopic (exact) mass is 275 g/mol. The van der Waals surface area contributed by atoms with Gasteiger partial charge < -0.3 is 15.8 Å². The average molecular weight is 275 g/mol. The smallest absolute Gasteiger partial charge is 0.260 e. The van der Waals surface area contributed by atoms with Crippen LogP contribution >= 0.6 is 0 Å². The molecule has 0 saturated heterocycles. The number of carbonyl (C=O) groups is 1. The largest absolute Gasteiger partial charge is 0.480 e. The van der Waals surface area contributed by atoms with Gasteiger partial charge in [0.1, 0.15) is 11.8 Å². The first kappa shape index (κ1) is 15.8. The number of rotatable bonds is 7. The lowest BCUT2D eigenvalue weighted by Crippen LogP contribution is -2.36. The van der Waals surface area contributed by atoms with E-state index in [-0.39, 0.29) is 5.91 Å². The minimum Gasteiger partial charge on any atom is -0.480 e. The molecule has 1 atom stereocenters. The quantitative estimate of drug-likeness (QED) is 0.590. The van der Waals surface area contributed by atoms with Crippen molar-refractivity contribution in [2.24, 2.45) is 0 Å². The summed E-state index contributed by atoms with van der Waals surface area (Å²) < 4.78 is 5.52. The number of nitriles is 1. The predicted molar refractivity (Wildman–Crippen MR) is 78.2 cm³/mol. The van der Waals surface area contributed by atoms with Gasteiger partial charge >= 0.3 is 0 Å². The van der Waals surface area contributed by atoms with Gasteiger partial charge in [-0.15, -0.1) is 0 Å². The van der Waals surface area contributed by atoms with Crippen LogP contribution in [0.1, 0.15) is 38.7 Å². The number of nitrogen functional groups attached to an aromatic ring is 1. The number of hydrogen-bond donors (Lipinski definition) is 2. The van der Waals surface area contributed by atoms with Crippen LogP contribution in [-0.2, 0) is 4.79 Å². The van der Waals surface area contributed by atoms with Crippen LogP contribution in [0.2, 0.25) is 0 Å². The molecule has 1 aromatic rings. The van der Waals surface area contributed by atoms with E-state index < -0.39 is 6.10 Å². The molecule has 0 aliphatic heterocycles. The van der Waals surface area contributed by atoms with Crippen molar-refractivity contribution in [3.8, 4) is 11.8 Å². The summed E-state index contributed by atoms with van der Waals surface area (Å²) in [4.78, 5) is 11.8. The molecule has 1 unspecified atom stereocenters. The van der Waals surface area contributed by atoms with E-state index >= 15 is 0 Å². The zero-order valence-electron chi connectivity index (χ0n) is 12.0. The molecule has 0 heterocycles. The van der Waals surface area contributed by atoms with Crippen LogP contribution in [0.25, 0.3) is 0 Å². The molecular weight excluding hydrogens is 254 g/mol. The van der Waals surface area contributed by atoms with Gasteiger partial charge in [-0.05, 0) is 31.5 Å². The average Bonchev–Trinajstić information content (AvgIpc) is 2.45. The molecule has 0 aromatic heterocycles. The molecule has 1 amide bonds. The Hall–Kier alpha value is -2.22. The van der Waals surface area contributed by atoms with E-state index in [1.807, 2.05) is 6.07 Å². The number of benzene rings is 1. The molecule has 108 valence electrons. The molecule has 5 heteroatoms. The summed E-state index contributed by atoms with van der Waals surface area (Å²) in [5, 5.41) is 11.8. The molecule has 0 spiro atoms. The van der Waals surface area contributed by atoms with Gasteiger partial charge in [-0.2, -0.15) is 5.26 Å². The Kier molecular flexibility index (Phi) is 6.38. The van der Waals surface area contributed by atoms with Gasteiger partial charge in [-0.25, -0.2) is 0 Å². The second-order valence-corrected chi connectivity index (χ2v) is 4.63. The second-order valence-electron chi connectivity index (χ2n) is 4.63. The standard InChI is InChI=1S/C15H21N3O2/c1-3-4-5-8-18-15(19)11(2)20-14-7-6-13(17)9-12(14)10-16/h6-7,9,11H,3-5,8,17H2,1-2H3,(H,18,19). The lowest BCUT2D eigenvalue weighted by molar-refractivity contribution is -0.127. The number of amides is 1. The molecule has 0 aliphatic carbocycles. The van der Waals surface area contributed by atoms with E-state index in [1.165, 1.54) is 6.07 Å². The van der Waals surface area contributed by atoms with Gasteiger partial charge in [0, 0.05) is 12.2 Å². The van der Waals surface area contributed by atoms with Crippen molar-refractivity contribution >= 4 is 11.6 Å². The first-order valence-electron chi connectivity index (χ1n) is 6.82. The number of nitrogens with zero attached hydrogens (tertiary/aromatic N) is 1. The molecule has 20 heavy (non-hydrogen) atoms. The van der Waals surface area contributed by atoms with E-state index in [0.29, 0.717) is 23.5 Å². The molecule has 0 radical (unpaired) electrons. The molecule has 1 rings (SSSR count). The van der Waals surface area contributed by atoms with Gasteiger partial charge in [0.2, 0.25) is 0 Å². The van der Waals surface area contributed by atoms with Crippen LogP contribution < -0.4 is 15.8 Å². The third kappa shape index (κ3) is 4.81. The first-order chi connectivity index (χ1) is 9.58. The highest BCUT2D eigenvalue weighted by molar-refractivity contribution is 5.80. The molecule has 0 aliphatic rings. The number of carbonyl (C=O) groups excluding carboxylic acids is 1. The Morgan fingerprint density at radius 1 is 1.50 bits per heavy atom. The Morgan fingerprint density at radius 3 is 2.90 bits per heavy atom. The van der Waals surface area contributed by atoms with E-state index in [9.17, 15) is 4.79 Å². The fourth-order valence-corrected chi connectivity index (χ4v) is 1.71. The van der Waals surface area contributed by atoms with Crippen LogP contribution in [0.4, 0.5) is 5.69 Å². The maximum atomic E-state index is 11.8. The van der Waals surface area contributed by atoms with Gasteiger partial charge in [-0.1, -0.05) is 19.8 Å². The summed E-state index contributed by atoms with van der Waals surface area (Å²) in [7, 11) is 0. The number of unbranched alkanes of at least 4 members (excludes halogenated alkanes) is 2. The molecule has 0 fully saturated rings. The molecule has 0 bridgehead atoms. The summed E-state index contributed by atoms with van der Waals surface area (Å²) in [6.45, 7) is 4.41. The molecular formula is C15H21N3O2. The Morgan fingerprint density at radius 2 is 2.25 bits per heavy atom. The number of nitrogens with one attached hydrogen (secondary N) is 1. The summed E-state index contributed by atoms with van der Waals surface area (Å²) in [6, 6.07) is 6.78. The van der Waals surface area contributed by atoms with Gasteiger partial charge in [-0.3, -0.25) is 4.79 Å². The number of anilines is 1. The highest BCUT2D eigenvalue weighted by atomic mass is 16.5. The zero-order valence-corrected chi connectivity index (χ0v) is 12.0. The molecule has 0 saturated carbocycles. The van der Waals surface area contributed by atoms with Crippen molar-refractivity contribution in [3.05, 3.63) is 23.8 Å². The number of ether oxygens (including phenoxy) is 1. The molecule has 3 N–H and O–H groups in total. The fourth-order valence-electron chi connectivity index (χ4n) is 1.71. The second kappa shape index (κ2) is 8.05. The summed E-state index contributed by atoms with van der Waals surface area (Å²) in [6.07, 6.45) is 2.51. The lowest BCUT2D eigenvalue weighted by atomic mass is 10.2. The SMILES string of the molecule is CCCCCNC(=O)C(C)Oc1ccc(N)cc1C#N. The van der Waals surface area contributed by atoms with Gasteiger partial charge in [0.15, 0.2) is 6.10 Å². The topological polar surface area (TPSA) is 88.1 Å². The van der Waals surface area contributed by atoms with Crippen LogP contribution in [0.5, 0.6) is 5.75 Å². The van der Waals surface area contributed by atoms with Gasteiger partial charge in [0.25, 0.3) is 5.91 Å². The van der Waals surface area contributed by atoms with Crippen molar-refractivity contribution < 1.29 is 9.53 Å². The first-order valence-corrected chi connectivity index (χ1v) is 6.82. The normalized spacial score (nSPS) is 11.4. The van der Waals surface area contributed by atoms with Crippen LogP contribution in [-0.4, -0.2) is 18.6 Å². The van der Waals surface area contributed by atoms with Crippen molar-refractivity contribution in [1.29, 1.82) is 5.26 Å². The Bertz CT molecular complexity index is 494. The minimum atomic E-state index is -0.646. The third-order valence-corrected chi connectivity index (χ3v) is 2.88. The van der Waals surface area contributed by atoms with E-state index in [4.69, 9.17) is 15.7 Å². The Balaban J connectivity index is 2.55. The zero-order chi connectivity index (χ0) is 15.0. The van der Waals surface area contributed by atoms with Crippen LogP contribution in [0.3, 0.4) is 0 Å². The summed E-state index contributed by atoms with van der Waals surface area (Å²) in [5.41, 5.74) is 6.42. The van der Waals surface area contributed by atoms with Crippen molar-refractivity contribution in [1.82, 2.24) is 5.32 Å². The van der Waals surface area contributed by atoms with Crippen LogP contribution in [0, 0.1) is 11.3 Å². The lowest BCUT2D eigenvalue weighted by Gasteiger charge is -2.15. The fraction of sp³-hybridized carbons (Fsp3) is 0.467. The maximum absolute atomic E-state index is 11.8. The molecule has 5 nitrogen and oxygen atoms in total. The maximum Gasteiger partial charge on any atom is 0.260 e. The van der Waals surface area contributed by atoms with Crippen molar-refractivity contribution in [2.45, 2.75) is 39.2 Å². The number of nitrogens with two attached hydrogens (primary N) is 1. The third-order valence-electron chi connectivity index (χ3n) is 2.88. The predicted octanol–water partition coefficient (Wildman–Crippen LogP) is 2.21. The highest BCUT2D eigenvalue weighted by Gasteiger charge is 2.15. The van der Waals surface area contributed by atoms with E-state index in [0.717, 1.165) is 19.3 Å². The van der Waals surface area contributed by atoms with Crippen molar-refractivity contribution in [3.63, 3.8) is 0 Å². The minimum absolute atomic E-state index is 0.179. The van der Waals surface area contributed by atoms with Crippen molar-refractivity contribution in [2.75, 3.05) is 12.3 Å². The van der Waals surface area contributed by atoms with Gasteiger partial charge in [0.05, 0.1) is 5.56 Å². The molecule has 1 aromatic carbocycles. The highest BCUT2D eigenvalue weighted by Crippen LogP contribution is 2.21. The Labute approximate surface area is 119 Å². The van der Waals surface area contributed by atoms with E-state index in [1.54, 1.807) is 19.1 Å².